The number of methoxy groups -OCH3 is 1. The minimum absolute atomic E-state index is 0.569. The lowest BCUT2D eigenvalue weighted by molar-refractivity contribution is 0.191. The smallest absolute Gasteiger partial charge is 0.165 e. The van der Waals surface area contributed by atoms with Crippen LogP contribution < -0.4 is 5.32 Å². The van der Waals surface area contributed by atoms with E-state index in [1.165, 1.54) is 0 Å². The predicted molar refractivity (Wildman–Crippen MR) is 82.5 cm³/mol. The van der Waals surface area contributed by atoms with Crippen LogP contribution in [0.1, 0.15) is 18.6 Å². The van der Waals surface area contributed by atoms with Gasteiger partial charge in [-0.1, -0.05) is 0 Å². The molecule has 0 aromatic carbocycles. The number of unbranched alkanes of at least 4 members (excludes halogenated alkanes) is 1. The van der Waals surface area contributed by atoms with Gasteiger partial charge < -0.3 is 19.0 Å². The maximum atomic E-state index is 5.31. The van der Waals surface area contributed by atoms with Crippen molar-refractivity contribution in [3.8, 4) is 0 Å². The number of ether oxygens (including phenoxy) is 1. The van der Waals surface area contributed by atoms with E-state index in [9.17, 15) is 0 Å². The molecule has 116 valence electrons. The maximum Gasteiger partial charge on any atom is 0.165 e. The topological polar surface area (TPSA) is 78.0 Å². The Labute approximate surface area is 128 Å². The lowest BCUT2D eigenvalue weighted by atomic mass is 10.3. The van der Waals surface area contributed by atoms with Crippen molar-refractivity contribution in [3.05, 3.63) is 36.8 Å². The number of aryl methyl sites for hydroxylation is 1. The van der Waals surface area contributed by atoms with Crippen LogP contribution in [0.15, 0.2) is 35.5 Å². The van der Waals surface area contributed by atoms with Gasteiger partial charge in [-0.2, -0.15) is 0 Å². The summed E-state index contributed by atoms with van der Waals surface area (Å²) in [7, 11) is 1.72. The van der Waals surface area contributed by atoms with E-state index in [-0.39, 0.29) is 0 Å². The first-order chi connectivity index (χ1) is 10.9. The Morgan fingerprint density at radius 3 is 3.05 bits per heavy atom. The molecule has 7 nitrogen and oxygen atoms in total. The molecule has 0 saturated heterocycles. The molecule has 3 rings (SSSR count). The van der Waals surface area contributed by atoms with Crippen LogP contribution in [0, 0.1) is 0 Å². The highest BCUT2D eigenvalue weighted by Gasteiger charge is 2.10. The van der Waals surface area contributed by atoms with Crippen molar-refractivity contribution >= 4 is 17.0 Å². The Kier molecular flexibility index (Phi) is 4.65. The molecule has 3 heterocycles. The number of anilines is 1. The van der Waals surface area contributed by atoms with E-state index in [0.717, 1.165) is 48.7 Å². The second-order valence-corrected chi connectivity index (χ2v) is 4.97. The summed E-state index contributed by atoms with van der Waals surface area (Å²) in [5.74, 6) is 1.57. The first kappa shape index (κ1) is 14.5. The molecule has 22 heavy (non-hydrogen) atoms. The Morgan fingerprint density at radius 2 is 2.23 bits per heavy atom. The lowest BCUT2D eigenvalue weighted by Crippen LogP contribution is -2.03. The number of nitrogens with zero attached hydrogens (tertiary/aromatic N) is 4. The molecule has 1 N–H and O–H groups in total. The van der Waals surface area contributed by atoms with Gasteiger partial charge in [0.15, 0.2) is 11.5 Å². The van der Waals surface area contributed by atoms with E-state index in [2.05, 4.69) is 20.3 Å². The van der Waals surface area contributed by atoms with Gasteiger partial charge >= 0.3 is 0 Å². The molecule has 0 aliphatic heterocycles. The Bertz CT molecular complexity index is 708. The second-order valence-electron chi connectivity index (χ2n) is 4.97. The van der Waals surface area contributed by atoms with Gasteiger partial charge in [-0.05, 0) is 25.0 Å². The van der Waals surface area contributed by atoms with Crippen LogP contribution in [0.2, 0.25) is 0 Å². The number of rotatable bonds is 8. The average Bonchev–Trinajstić information content (AvgIpc) is 3.19. The minimum atomic E-state index is 0.569. The van der Waals surface area contributed by atoms with E-state index >= 15 is 0 Å². The third kappa shape index (κ3) is 3.25. The minimum Gasteiger partial charge on any atom is -0.467 e. The van der Waals surface area contributed by atoms with Crippen molar-refractivity contribution in [2.24, 2.45) is 0 Å². The molecule has 3 aromatic heterocycles. The van der Waals surface area contributed by atoms with E-state index in [1.807, 2.05) is 23.0 Å². The zero-order valence-electron chi connectivity index (χ0n) is 12.5. The molecule has 0 aliphatic carbocycles. The van der Waals surface area contributed by atoms with Gasteiger partial charge in [0, 0.05) is 20.3 Å². The van der Waals surface area contributed by atoms with Crippen molar-refractivity contribution in [1.82, 2.24) is 19.5 Å². The highest BCUT2D eigenvalue weighted by molar-refractivity contribution is 5.82. The van der Waals surface area contributed by atoms with Gasteiger partial charge in [-0.25, -0.2) is 15.0 Å². The van der Waals surface area contributed by atoms with Crippen LogP contribution in [0.25, 0.3) is 11.2 Å². The molecule has 0 fully saturated rings. The summed E-state index contributed by atoms with van der Waals surface area (Å²) in [6.45, 7) is 2.21. The fourth-order valence-electron chi connectivity index (χ4n) is 2.29. The van der Waals surface area contributed by atoms with Gasteiger partial charge in [0.25, 0.3) is 0 Å². The first-order valence-electron chi connectivity index (χ1n) is 7.29. The normalized spacial score (nSPS) is 11.1. The number of furan rings is 1. The number of aromatic nitrogens is 4. The molecule has 0 spiro atoms. The summed E-state index contributed by atoms with van der Waals surface area (Å²) in [5, 5.41) is 3.24. The second kappa shape index (κ2) is 7.04. The third-order valence-corrected chi connectivity index (χ3v) is 3.41. The Balaban J connectivity index is 1.70. The van der Waals surface area contributed by atoms with E-state index < -0.39 is 0 Å². The summed E-state index contributed by atoms with van der Waals surface area (Å²) in [5.41, 5.74) is 1.62. The van der Waals surface area contributed by atoms with Crippen molar-refractivity contribution in [1.29, 1.82) is 0 Å². The average molecular weight is 301 g/mol. The van der Waals surface area contributed by atoms with Gasteiger partial charge in [0.05, 0.1) is 19.1 Å². The van der Waals surface area contributed by atoms with Crippen molar-refractivity contribution in [2.75, 3.05) is 19.0 Å². The molecule has 0 unspecified atom stereocenters. The molecule has 0 radical (unpaired) electrons. The summed E-state index contributed by atoms with van der Waals surface area (Å²) in [6, 6.07) is 3.78. The standard InChI is InChI=1S/C15H19N5O2/c1-21-7-3-2-6-20-11-19-13-14(17-10-18-15(13)20)16-9-12-5-4-8-22-12/h4-5,8,10-11H,2-3,6-7,9H2,1H3,(H,16,17,18). The number of fused-ring (bicyclic) bond motifs is 1. The van der Waals surface area contributed by atoms with Crippen molar-refractivity contribution < 1.29 is 9.15 Å². The number of hydrogen-bond acceptors (Lipinski definition) is 6. The summed E-state index contributed by atoms with van der Waals surface area (Å²) in [6.07, 6.45) is 7.06. The first-order valence-corrected chi connectivity index (χ1v) is 7.29. The molecular weight excluding hydrogens is 282 g/mol. The van der Waals surface area contributed by atoms with Gasteiger partial charge in [-0.3, -0.25) is 0 Å². The van der Waals surface area contributed by atoms with Crippen LogP contribution in [-0.4, -0.2) is 33.2 Å². The third-order valence-electron chi connectivity index (χ3n) is 3.41. The zero-order valence-corrected chi connectivity index (χ0v) is 12.5. The summed E-state index contributed by atoms with van der Waals surface area (Å²) < 4.78 is 12.4. The molecule has 0 atom stereocenters. The highest BCUT2D eigenvalue weighted by atomic mass is 16.5. The SMILES string of the molecule is COCCCCn1cnc2c(NCc3ccco3)ncnc21. The predicted octanol–water partition coefficient (Wildman–Crippen LogP) is 2.46. The summed E-state index contributed by atoms with van der Waals surface area (Å²) in [4.78, 5) is 13.0. The van der Waals surface area contributed by atoms with E-state index in [1.54, 1.807) is 19.7 Å². The Morgan fingerprint density at radius 1 is 1.27 bits per heavy atom. The van der Waals surface area contributed by atoms with Crippen LogP contribution in [0.3, 0.4) is 0 Å². The van der Waals surface area contributed by atoms with Gasteiger partial charge in [-0.15, -0.1) is 0 Å². The number of nitrogens with one attached hydrogen (secondary N) is 1. The maximum absolute atomic E-state index is 5.31. The summed E-state index contributed by atoms with van der Waals surface area (Å²) >= 11 is 0. The molecule has 0 saturated carbocycles. The fraction of sp³-hybridized carbons (Fsp3) is 0.400. The molecule has 0 bridgehead atoms. The van der Waals surface area contributed by atoms with Gasteiger partial charge in [0.2, 0.25) is 0 Å². The van der Waals surface area contributed by atoms with E-state index in [4.69, 9.17) is 9.15 Å². The largest absolute Gasteiger partial charge is 0.467 e. The lowest BCUT2D eigenvalue weighted by Gasteiger charge is -2.05. The number of imidazole rings is 1. The number of hydrogen-bond donors (Lipinski definition) is 1. The quantitative estimate of drug-likeness (QED) is 0.644. The molecular formula is C15H19N5O2. The van der Waals surface area contributed by atoms with Crippen molar-refractivity contribution in [2.45, 2.75) is 25.9 Å². The fourth-order valence-corrected chi connectivity index (χ4v) is 2.29. The molecule has 0 aliphatic rings. The zero-order chi connectivity index (χ0) is 15.2. The monoisotopic (exact) mass is 301 g/mol. The van der Waals surface area contributed by atoms with Crippen LogP contribution in [0.4, 0.5) is 5.82 Å². The van der Waals surface area contributed by atoms with Gasteiger partial charge in [0.1, 0.15) is 17.6 Å². The Hall–Kier alpha value is -2.41. The molecule has 0 amide bonds. The van der Waals surface area contributed by atoms with Crippen LogP contribution >= 0.6 is 0 Å². The van der Waals surface area contributed by atoms with Crippen LogP contribution in [0.5, 0.6) is 0 Å². The van der Waals surface area contributed by atoms with Crippen LogP contribution in [-0.2, 0) is 17.8 Å². The molecule has 3 aromatic rings. The highest BCUT2D eigenvalue weighted by Crippen LogP contribution is 2.18. The molecule has 7 heteroatoms. The van der Waals surface area contributed by atoms with E-state index in [0.29, 0.717) is 6.54 Å². The van der Waals surface area contributed by atoms with Crippen molar-refractivity contribution in [3.63, 3.8) is 0 Å².